The van der Waals surface area contributed by atoms with Crippen LogP contribution < -0.4 is 0 Å². The Kier molecular flexibility index (Phi) is 8.57. The van der Waals surface area contributed by atoms with Gasteiger partial charge in [-0.05, 0) is 18.3 Å². The minimum Gasteiger partial charge on any atom is -0.469 e. The second kappa shape index (κ2) is 8.74. The smallest absolute Gasteiger partial charge is 0.305 e. The summed E-state index contributed by atoms with van der Waals surface area (Å²) < 4.78 is 9.23. The number of esters is 2. The van der Waals surface area contributed by atoms with Gasteiger partial charge in [0.05, 0.1) is 14.2 Å². The monoisotopic (exact) mass is 308 g/mol. The van der Waals surface area contributed by atoms with Crippen LogP contribution in [-0.2, 0) is 19.1 Å². The molecule has 0 radical (unpaired) electrons. The lowest BCUT2D eigenvalue weighted by atomic mass is 9.81. The van der Waals surface area contributed by atoms with Crippen LogP contribution in [0.15, 0.2) is 0 Å². The van der Waals surface area contributed by atoms with Crippen molar-refractivity contribution in [1.29, 1.82) is 0 Å². The van der Waals surface area contributed by atoms with E-state index in [4.69, 9.17) is 0 Å². The van der Waals surface area contributed by atoms with Gasteiger partial charge in [0.25, 0.3) is 0 Å². The largest absolute Gasteiger partial charge is 0.469 e. The number of hydrogen-bond acceptors (Lipinski definition) is 6. The van der Waals surface area contributed by atoms with Gasteiger partial charge in [-0.3, -0.25) is 9.59 Å². The predicted molar refractivity (Wildman–Crippen MR) is 81.8 cm³/mol. The lowest BCUT2D eigenvalue weighted by Gasteiger charge is -2.36. The molecule has 0 aromatic carbocycles. The first kappa shape index (κ1) is 18.6. The molecule has 0 saturated heterocycles. The van der Waals surface area contributed by atoms with Gasteiger partial charge < -0.3 is 9.47 Å². The van der Waals surface area contributed by atoms with Gasteiger partial charge >= 0.3 is 11.9 Å². The summed E-state index contributed by atoms with van der Waals surface area (Å²) in [5.74, 6) is -0.472. The van der Waals surface area contributed by atoms with Crippen molar-refractivity contribution in [1.82, 2.24) is 0 Å². The van der Waals surface area contributed by atoms with Gasteiger partial charge in [0.2, 0.25) is 0 Å². The Bertz CT molecular complexity index is 277. The number of methoxy groups -OCH3 is 2. The van der Waals surface area contributed by atoms with E-state index in [0.717, 1.165) is 0 Å². The molecule has 0 aliphatic heterocycles. The zero-order valence-corrected chi connectivity index (χ0v) is 13.8. The number of rotatable bonds is 8. The summed E-state index contributed by atoms with van der Waals surface area (Å²) in [6, 6.07) is 0. The van der Waals surface area contributed by atoms with E-state index in [9.17, 15) is 9.59 Å². The third kappa shape index (κ3) is 6.56. The van der Waals surface area contributed by atoms with Crippen molar-refractivity contribution in [2.24, 2.45) is 5.41 Å². The molecular weight excluding hydrogens is 284 g/mol. The molecule has 0 spiro atoms. The molecule has 0 aromatic rings. The van der Waals surface area contributed by atoms with E-state index in [1.165, 1.54) is 14.2 Å². The van der Waals surface area contributed by atoms with Crippen molar-refractivity contribution >= 4 is 37.2 Å². The standard InChI is InChI=1S/C13H24O4S2/c1-13(2,9(18)5-7-11(14)16-3)10(19)6-8-12(15)17-4/h9-10,18-19H,5-8H2,1-4H3. The van der Waals surface area contributed by atoms with E-state index in [1.807, 2.05) is 13.8 Å². The van der Waals surface area contributed by atoms with Crippen molar-refractivity contribution in [3.63, 3.8) is 0 Å². The zero-order valence-electron chi connectivity index (χ0n) is 12.0. The summed E-state index contributed by atoms with van der Waals surface area (Å²) in [6.07, 6.45) is 1.92. The van der Waals surface area contributed by atoms with Crippen molar-refractivity contribution in [3.05, 3.63) is 0 Å². The van der Waals surface area contributed by atoms with Gasteiger partial charge in [0, 0.05) is 23.3 Å². The second-order valence-electron chi connectivity index (χ2n) is 5.08. The van der Waals surface area contributed by atoms with Crippen molar-refractivity contribution in [3.8, 4) is 0 Å². The molecule has 0 N–H and O–H groups in total. The summed E-state index contributed by atoms with van der Waals surface area (Å²) in [4.78, 5) is 22.3. The summed E-state index contributed by atoms with van der Waals surface area (Å²) in [6.45, 7) is 4.08. The van der Waals surface area contributed by atoms with E-state index >= 15 is 0 Å². The highest BCUT2D eigenvalue weighted by molar-refractivity contribution is 7.82. The zero-order chi connectivity index (χ0) is 15.1. The van der Waals surface area contributed by atoms with E-state index in [-0.39, 0.29) is 27.9 Å². The third-order valence-electron chi connectivity index (χ3n) is 3.42. The van der Waals surface area contributed by atoms with Crippen molar-refractivity contribution < 1.29 is 19.1 Å². The van der Waals surface area contributed by atoms with Crippen molar-refractivity contribution in [2.75, 3.05) is 14.2 Å². The van der Waals surface area contributed by atoms with Crippen LogP contribution in [0.5, 0.6) is 0 Å². The van der Waals surface area contributed by atoms with Crippen molar-refractivity contribution in [2.45, 2.75) is 50.0 Å². The van der Waals surface area contributed by atoms with E-state index < -0.39 is 0 Å². The lowest BCUT2D eigenvalue weighted by Crippen LogP contribution is -2.35. The molecule has 19 heavy (non-hydrogen) atoms. The first-order valence-corrected chi connectivity index (χ1v) is 7.28. The molecule has 112 valence electrons. The highest BCUT2D eigenvalue weighted by Gasteiger charge is 2.33. The Labute approximate surface area is 126 Å². The Morgan fingerprint density at radius 2 is 1.26 bits per heavy atom. The molecule has 0 aliphatic rings. The molecule has 0 heterocycles. The number of hydrogen-bond donors (Lipinski definition) is 2. The first-order valence-electron chi connectivity index (χ1n) is 6.25. The fourth-order valence-corrected chi connectivity index (χ4v) is 2.42. The van der Waals surface area contributed by atoms with Crippen LogP contribution in [-0.4, -0.2) is 36.7 Å². The molecule has 0 bridgehead atoms. The van der Waals surface area contributed by atoms with Gasteiger partial charge in [0.1, 0.15) is 0 Å². The summed E-state index contributed by atoms with van der Waals surface area (Å²) in [7, 11) is 2.75. The second-order valence-corrected chi connectivity index (χ2v) is 6.33. The van der Waals surface area contributed by atoms with Gasteiger partial charge in [-0.25, -0.2) is 0 Å². The number of carbonyl (C=O) groups is 2. The minimum absolute atomic E-state index is 0.00625. The minimum atomic E-state index is -0.236. The highest BCUT2D eigenvalue weighted by Crippen LogP contribution is 2.37. The normalized spacial score (nSPS) is 14.6. The molecule has 0 saturated carbocycles. The molecule has 0 amide bonds. The van der Waals surface area contributed by atoms with Crippen LogP contribution in [0.4, 0.5) is 0 Å². The Balaban J connectivity index is 4.32. The maximum atomic E-state index is 11.1. The first-order chi connectivity index (χ1) is 8.75. The quantitative estimate of drug-likeness (QED) is 0.534. The summed E-state index contributed by atoms with van der Waals surface area (Å²) >= 11 is 9.12. The van der Waals surface area contributed by atoms with Crippen LogP contribution in [0.1, 0.15) is 39.5 Å². The van der Waals surface area contributed by atoms with Crippen LogP contribution in [0, 0.1) is 5.41 Å². The molecule has 4 nitrogen and oxygen atoms in total. The molecule has 0 aliphatic carbocycles. The summed E-state index contributed by atoms with van der Waals surface area (Å²) in [5.41, 5.74) is -0.200. The number of thiol groups is 2. The van der Waals surface area contributed by atoms with Gasteiger partial charge in [-0.1, -0.05) is 13.8 Å². The summed E-state index contributed by atoms with van der Waals surface area (Å²) in [5, 5.41) is 0.0125. The maximum absolute atomic E-state index is 11.1. The predicted octanol–water partition coefficient (Wildman–Crippen LogP) is 2.52. The molecule has 2 unspecified atom stereocenters. The lowest BCUT2D eigenvalue weighted by molar-refractivity contribution is -0.141. The number of carbonyl (C=O) groups excluding carboxylic acids is 2. The Hall–Kier alpha value is -0.360. The SMILES string of the molecule is COC(=O)CCC(S)C(C)(C)C(S)CCC(=O)OC. The molecule has 0 fully saturated rings. The van der Waals surface area contributed by atoms with E-state index in [1.54, 1.807) is 0 Å². The molecule has 0 aromatic heterocycles. The van der Waals surface area contributed by atoms with E-state index in [2.05, 4.69) is 34.7 Å². The average Bonchev–Trinajstić information content (AvgIpc) is 2.40. The van der Waals surface area contributed by atoms with Crippen LogP contribution in [0.2, 0.25) is 0 Å². The molecule has 0 rings (SSSR count). The fourth-order valence-electron chi connectivity index (χ4n) is 1.68. The van der Waals surface area contributed by atoms with Crippen LogP contribution in [0.25, 0.3) is 0 Å². The van der Waals surface area contributed by atoms with E-state index in [0.29, 0.717) is 25.7 Å². The topological polar surface area (TPSA) is 52.6 Å². The highest BCUT2D eigenvalue weighted by atomic mass is 32.1. The maximum Gasteiger partial charge on any atom is 0.305 e. The fraction of sp³-hybridized carbons (Fsp3) is 0.846. The number of ether oxygens (including phenoxy) is 2. The van der Waals surface area contributed by atoms with Gasteiger partial charge in [0.15, 0.2) is 0 Å². The van der Waals surface area contributed by atoms with Crippen LogP contribution >= 0.6 is 25.3 Å². The Morgan fingerprint density at radius 3 is 1.53 bits per heavy atom. The van der Waals surface area contributed by atoms with Crippen LogP contribution in [0.3, 0.4) is 0 Å². The molecular formula is C13H24O4S2. The van der Waals surface area contributed by atoms with Gasteiger partial charge in [-0.15, -0.1) is 0 Å². The Morgan fingerprint density at radius 1 is 0.947 bits per heavy atom. The molecule has 2 atom stereocenters. The molecule has 6 heteroatoms. The third-order valence-corrected chi connectivity index (χ3v) is 5.26. The van der Waals surface area contributed by atoms with Gasteiger partial charge in [-0.2, -0.15) is 25.3 Å². The average molecular weight is 308 g/mol.